The van der Waals surface area contributed by atoms with Crippen LogP contribution in [0.3, 0.4) is 0 Å². The molecule has 0 unspecified atom stereocenters. The summed E-state index contributed by atoms with van der Waals surface area (Å²) in [6, 6.07) is 25.2. The third-order valence-corrected chi connectivity index (χ3v) is 4.11. The molecule has 0 spiro atoms. The summed E-state index contributed by atoms with van der Waals surface area (Å²) < 4.78 is 0. The third kappa shape index (κ3) is 10.7. The summed E-state index contributed by atoms with van der Waals surface area (Å²) in [4.78, 5) is 0. The quantitative estimate of drug-likeness (QED) is 0.319. The van der Waals surface area contributed by atoms with Crippen molar-refractivity contribution in [2.75, 3.05) is 0 Å². The van der Waals surface area contributed by atoms with Gasteiger partial charge in [0.25, 0.3) is 0 Å². The minimum Gasteiger partial charge on any atom is -1.00 e. The van der Waals surface area contributed by atoms with E-state index in [2.05, 4.69) is 85.4 Å². The van der Waals surface area contributed by atoms with Gasteiger partial charge in [-0.05, 0) is 0 Å². The van der Waals surface area contributed by atoms with Gasteiger partial charge in [-0.15, -0.1) is 36.1 Å². The van der Waals surface area contributed by atoms with Crippen molar-refractivity contribution < 1.29 is 51.0 Å². The van der Waals surface area contributed by atoms with Crippen molar-refractivity contribution in [1.82, 2.24) is 0 Å². The molecule has 4 rings (SSSR count). The molecule has 0 aliphatic heterocycles. The summed E-state index contributed by atoms with van der Waals surface area (Å²) >= 11 is 0. The van der Waals surface area contributed by atoms with Crippen LogP contribution in [0.15, 0.2) is 91.0 Å². The average Bonchev–Trinajstić information content (AvgIpc) is 3.30. The van der Waals surface area contributed by atoms with Crippen LogP contribution in [-0.2, 0) is 26.2 Å². The molecule has 1 aliphatic rings. The second-order valence-corrected chi connectivity index (χ2v) is 5.85. The molecule has 3 aromatic carbocycles. The van der Waals surface area contributed by atoms with Crippen LogP contribution in [0.2, 0.25) is 6.55 Å². The van der Waals surface area contributed by atoms with Crippen LogP contribution in [-0.4, -0.2) is 9.52 Å². The summed E-state index contributed by atoms with van der Waals surface area (Å²) in [6.45, 7) is 2.19. The Balaban J connectivity index is 0. The molecule has 0 fully saturated rings. The van der Waals surface area contributed by atoms with Crippen molar-refractivity contribution in [1.29, 1.82) is 0 Å². The summed E-state index contributed by atoms with van der Waals surface area (Å²) in [6.07, 6.45) is 10.0. The maximum absolute atomic E-state index is 2.99. The van der Waals surface area contributed by atoms with E-state index in [4.69, 9.17) is 0 Å². The van der Waals surface area contributed by atoms with Crippen LogP contribution >= 0.6 is 0 Å². The van der Waals surface area contributed by atoms with Crippen molar-refractivity contribution in [2.45, 2.75) is 13.0 Å². The number of hydrogen-bond acceptors (Lipinski definition) is 0. The first-order valence-electron chi connectivity index (χ1n) is 7.45. The second kappa shape index (κ2) is 16.7. The van der Waals surface area contributed by atoms with E-state index in [0.29, 0.717) is 0 Å². The standard InChI is InChI=1S/C9H7.C7H8Si.C5H5.2ClH.Zr/c1-2-5-9-7-3-6-8(9)4-1;1-8-7-5-3-2-4-6-7;1-2-4-5-3-1;;;/h1-7H;2-6H,1H3;1-3H,4H2;2*1H;/q-1;;-1;;;+4/p-2. The average molecular weight is 463 g/mol. The maximum atomic E-state index is 2.99. The zero-order valence-corrected chi connectivity index (χ0v) is 19.1. The van der Waals surface area contributed by atoms with E-state index in [1.165, 1.54) is 16.0 Å². The van der Waals surface area contributed by atoms with Gasteiger partial charge in [0.2, 0.25) is 0 Å². The Morgan fingerprint density at radius 1 is 0.920 bits per heavy atom. The van der Waals surface area contributed by atoms with E-state index in [0.717, 1.165) is 15.9 Å². The SMILES string of the molecule is C[Si]c1ccccc1.[C-]1=CC=CC1.[Cl-].[Cl-].[Zr+4].c1ccc2[cH-]ccc2c1. The van der Waals surface area contributed by atoms with Gasteiger partial charge in [0.1, 0.15) is 0 Å². The monoisotopic (exact) mass is 460 g/mol. The van der Waals surface area contributed by atoms with Gasteiger partial charge >= 0.3 is 26.2 Å². The molecule has 0 heterocycles. The van der Waals surface area contributed by atoms with Crippen molar-refractivity contribution in [3.05, 3.63) is 97.1 Å². The minimum absolute atomic E-state index is 0. The van der Waals surface area contributed by atoms with Crippen molar-refractivity contribution in [3.63, 3.8) is 0 Å². The Labute approximate surface area is 185 Å². The van der Waals surface area contributed by atoms with E-state index in [1.807, 2.05) is 18.2 Å². The molecule has 3 aromatic rings. The van der Waals surface area contributed by atoms with Crippen LogP contribution < -0.4 is 30.0 Å². The zero-order valence-electron chi connectivity index (χ0n) is 14.1. The summed E-state index contributed by atoms with van der Waals surface area (Å²) in [7, 11) is 0.930. The molecule has 4 heteroatoms. The number of allylic oxidation sites excluding steroid dienone is 4. The summed E-state index contributed by atoms with van der Waals surface area (Å²) in [5.74, 6) is 0. The van der Waals surface area contributed by atoms with Crippen molar-refractivity contribution in [2.24, 2.45) is 0 Å². The molecular weight excluding hydrogens is 442 g/mol. The topological polar surface area (TPSA) is 0 Å². The Kier molecular flexibility index (Phi) is 17.6. The fourth-order valence-electron chi connectivity index (χ4n) is 2.01. The number of fused-ring (bicyclic) bond motifs is 1. The van der Waals surface area contributed by atoms with Gasteiger partial charge < -0.3 is 24.8 Å². The Bertz CT molecular complexity index is 681. The number of benzene rings is 2. The van der Waals surface area contributed by atoms with Crippen LogP contribution in [0, 0.1) is 6.08 Å². The second-order valence-electron chi connectivity index (χ2n) is 4.77. The minimum atomic E-state index is 0. The molecule has 0 atom stereocenters. The van der Waals surface area contributed by atoms with Gasteiger partial charge in [-0.3, -0.25) is 6.08 Å². The molecule has 0 aromatic heterocycles. The van der Waals surface area contributed by atoms with E-state index in [1.54, 1.807) is 0 Å². The molecule has 0 nitrogen and oxygen atoms in total. The molecule has 126 valence electrons. The normalized spacial score (nSPS) is 10.1. The first kappa shape index (κ1) is 26.4. The largest absolute Gasteiger partial charge is 4.00 e. The predicted octanol–water partition coefficient (Wildman–Crippen LogP) is -1.07. The Morgan fingerprint density at radius 3 is 2.08 bits per heavy atom. The summed E-state index contributed by atoms with van der Waals surface area (Å²) in [5.41, 5.74) is 0. The van der Waals surface area contributed by atoms with E-state index in [-0.39, 0.29) is 51.0 Å². The van der Waals surface area contributed by atoms with Crippen molar-refractivity contribution >= 4 is 25.5 Å². The number of halogens is 2. The summed E-state index contributed by atoms with van der Waals surface area (Å²) in [5, 5.41) is 4.10. The van der Waals surface area contributed by atoms with Gasteiger partial charge in [-0.1, -0.05) is 48.1 Å². The molecule has 25 heavy (non-hydrogen) atoms. The first-order valence-corrected chi connectivity index (χ1v) is 8.95. The van der Waals surface area contributed by atoms with Gasteiger partial charge in [-0.2, -0.15) is 23.6 Å². The Hall–Kier alpha value is -0.790. The predicted molar refractivity (Wildman–Crippen MR) is 98.8 cm³/mol. The van der Waals surface area contributed by atoms with E-state index >= 15 is 0 Å². The Morgan fingerprint density at radius 2 is 1.60 bits per heavy atom. The van der Waals surface area contributed by atoms with Gasteiger partial charge in [-0.25, -0.2) is 12.2 Å². The van der Waals surface area contributed by atoms with Crippen molar-refractivity contribution in [3.8, 4) is 0 Å². The molecule has 0 saturated carbocycles. The van der Waals surface area contributed by atoms with Crippen LogP contribution in [0.5, 0.6) is 0 Å². The number of hydrogen-bond donors (Lipinski definition) is 0. The fourth-order valence-corrected chi connectivity index (χ4v) is 2.54. The third-order valence-electron chi connectivity index (χ3n) is 3.20. The first-order chi connectivity index (χ1) is 10.9. The van der Waals surface area contributed by atoms with Crippen LogP contribution in [0.1, 0.15) is 6.42 Å². The van der Waals surface area contributed by atoms with Crippen LogP contribution in [0.25, 0.3) is 10.8 Å². The smallest absolute Gasteiger partial charge is 1.00 e. The molecule has 0 saturated heterocycles. The molecule has 0 bridgehead atoms. The molecule has 2 radical (unpaired) electrons. The molecule has 0 amide bonds. The number of rotatable bonds is 1. The molecule has 0 N–H and O–H groups in total. The molecule has 1 aliphatic carbocycles. The van der Waals surface area contributed by atoms with E-state index in [9.17, 15) is 0 Å². The fraction of sp³-hybridized carbons (Fsp3) is 0.0952. The van der Waals surface area contributed by atoms with Gasteiger partial charge in [0.05, 0.1) is 9.52 Å². The van der Waals surface area contributed by atoms with Crippen LogP contribution in [0.4, 0.5) is 0 Å². The zero-order chi connectivity index (χ0) is 15.5. The maximum Gasteiger partial charge on any atom is 4.00 e. The van der Waals surface area contributed by atoms with Gasteiger partial charge in [0.15, 0.2) is 0 Å². The van der Waals surface area contributed by atoms with Gasteiger partial charge in [0, 0.05) is 0 Å². The molecular formula is C21H20Cl2SiZr. The van der Waals surface area contributed by atoms with E-state index < -0.39 is 0 Å².